The van der Waals surface area contributed by atoms with Crippen LogP contribution in [0.3, 0.4) is 0 Å². The van der Waals surface area contributed by atoms with Gasteiger partial charge in [0, 0.05) is 0 Å². The zero-order valence-electron chi connectivity index (χ0n) is 11.1. The number of nitrogens with one attached hydrogen (secondary N) is 1. The maximum Gasteiger partial charge on any atom is 0.283 e. The van der Waals surface area contributed by atoms with Crippen LogP contribution in [0, 0.1) is 0 Å². The maximum absolute atomic E-state index is 12.0. The first kappa shape index (κ1) is 15.3. The molecule has 1 heterocycles. The van der Waals surface area contributed by atoms with E-state index in [0.717, 1.165) is 11.3 Å². The number of halogens is 1. The van der Waals surface area contributed by atoms with Crippen LogP contribution in [0.15, 0.2) is 23.3 Å². The number of aromatic hydroxyl groups is 1. The van der Waals surface area contributed by atoms with Crippen molar-refractivity contribution in [3.05, 3.63) is 39.4 Å². The molecule has 0 fully saturated rings. The molecule has 0 unspecified atom stereocenters. The Bertz CT molecular complexity index is 699. The van der Waals surface area contributed by atoms with E-state index in [2.05, 4.69) is 15.5 Å². The van der Waals surface area contributed by atoms with Gasteiger partial charge in [0.1, 0.15) is 10.6 Å². The molecular formula is C13H13ClN4O2S. The van der Waals surface area contributed by atoms with Gasteiger partial charge in [-0.1, -0.05) is 29.9 Å². The van der Waals surface area contributed by atoms with Gasteiger partial charge in [-0.25, -0.2) is 10.4 Å². The number of aryl methyl sites for hydroxylation is 1. The Morgan fingerprint density at radius 2 is 2.38 bits per heavy atom. The zero-order chi connectivity index (χ0) is 15.4. The Morgan fingerprint density at radius 1 is 1.62 bits per heavy atom. The predicted molar refractivity (Wildman–Crippen MR) is 84.1 cm³/mol. The molecule has 4 N–H and O–H groups in total. The van der Waals surface area contributed by atoms with E-state index >= 15 is 0 Å². The largest absolute Gasteiger partial charge is 0.506 e. The number of benzene rings is 1. The molecule has 2 rings (SSSR count). The molecule has 1 aromatic carbocycles. The number of nitrogens with two attached hydrogens (primary N) is 1. The zero-order valence-corrected chi connectivity index (χ0v) is 12.7. The Morgan fingerprint density at radius 3 is 3.05 bits per heavy atom. The molecule has 0 aliphatic carbocycles. The van der Waals surface area contributed by atoms with E-state index in [4.69, 9.17) is 17.3 Å². The summed E-state index contributed by atoms with van der Waals surface area (Å²) in [5.41, 5.74) is 9.30. The number of hydrazone groups is 1. The third kappa shape index (κ3) is 3.71. The lowest BCUT2D eigenvalue weighted by atomic mass is 10.2. The molecule has 6 nitrogen and oxygen atoms in total. The van der Waals surface area contributed by atoms with Crippen molar-refractivity contribution < 1.29 is 9.90 Å². The summed E-state index contributed by atoms with van der Waals surface area (Å²) in [5.74, 6) is -0.368. The Labute approximate surface area is 130 Å². The number of carbonyl (C=O) groups is 1. The number of rotatable bonds is 4. The van der Waals surface area contributed by atoms with Gasteiger partial charge < -0.3 is 10.8 Å². The lowest BCUT2D eigenvalue weighted by molar-refractivity contribution is 0.0958. The molecular weight excluding hydrogens is 312 g/mol. The van der Waals surface area contributed by atoms with Crippen molar-refractivity contribution in [2.75, 3.05) is 5.73 Å². The lowest BCUT2D eigenvalue weighted by Gasteiger charge is -1.99. The first-order chi connectivity index (χ1) is 10.0. The lowest BCUT2D eigenvalue weighted by Crippen LogP contribution is -2.17. The van der Waals surface area contributed by atoms with Crippen LogP contribution < -0.4 is 11.2 Å². The quantitative estimate of drug-likeness (QED) is 0.594. The summed E-state index contributed by atoms with van der Waals surface area (Å²) in [6, 6.07) is 4.61. The van der Waals surface area contributed by atoms with Crippen molar-refractivity contribution in [3.63, 3.8) is 0 Å². The van der Waals surface area contributed by atoms with Gasteiger partial charge in [-0.15, -0.1) is 0 Å². The molecule has 0 aliphatic heterocycles. The summed E-state index contributed by atoms with van der Waals surface area (Å²) in [5, 5.41) is 13.7. The van der Waals surface area contributed by atoms with Gasteiger partial charge >= 0.3 is 0 Å². The number of phenols is 1. The SMILES string of the molecule is CCc1nc(N)sc1C(=O)N/N=C\c1ccc(O)c(Cl)c1. The average molecular weight is 325 g/mol. The van der Waals surface area contributed by atoms with Crippen LogP contribution in [0.4, 0.5) is 5.13 Å². The fourth-order valence-corrected chi connectivity index (χ4v) is 2.61. The number of thiazole rings is 1. The topological polar surface area (TPSA) is 101 Å². The molecule has 110 valence electrons. The van der Waals surface area contributed by atoms with Gasteiger partial charge in [0.05, 0.1) is 16.9 Å². The first-order valence-corrected chi connectivity index (χ1v) is 7.27. The van der Waals surface area contributed by atoms with E-state index in [-0.39, 0.29) is 16.7 Å². The molecule has 0 saturated heterocycles. The summed E-state index contributed by atoms with van der Waals surface area (Å²) < 4.78 is 0. The summed E-state index contributed by atoms with van der Waals surface area (Å²) in [7, 11) is 0. The highest BCUT2D eigenvalue weighted by atomic mass is 35.5. The smallest absolute Gasteiger partial charge is 0.283 e. The van der Waals surface area contributed by atoms with Crippen molar-refractivity contribution in [1.82, 2.24) is 10.4 Å². The first-order valence-electron chi connectivity index (χ1n) is 6.08. The van der Waals surface area contributed by atoms with Crippen LogP contribution >= 0.6 is 22.9 Å². The van der Waals surface area contributed by atoms with Crippen molar-refractivity contribution in [2.45, 2.75) is 13.3 Å². The van der Waals surface area contributed by atoms with Gasteiger partial charge in [-0.3, -0.25) is 4.79 Å². The number of carbonyl (C=O) groups excluding carboxylic acids is 1. The van der Waals surface area contributed by atoms with Gasteiger partial charge in [-0.2, -0.15) is 5.10 Å². The summed E-state index contributed by atoms with van der Waals surface area (Å²) in [6.45, 7) is 1.90. The number of hydrogen-bond acceptors (Lipinski definition) is 6. The number of nitrogen functional groups attached to an aromatic ring is 1. The van der Waals surface area contributed by atoms with E-state index in [1.807, 2.05) is 6.92 Å². The van der Waals surface area contributed by atoms with E-state index < -0.39 is 0 Å². The number of hydrogen-bond donors (Lipinski definition) is 3. The predicted octanol–water partition coefficient (Wildman–Crippen LogP) is 2.41. The van der Waals surface area contributed by atoms with Gasteiger partial charge in [0.15, 0.2) is 5.13 Å². The van der Waals surface area contributed by atoms with Crippen LogP contribution in [0.5, 0.6) is 5.75 Å². The molecule has 0 saturated carbocycles. The van der Waals surface area contributed by atoms with E-state index in [0.29, 0.717) is 27.7 Å². The molecule has 8 heteroatoms. The number of phenolic OH excluding ortho intramolecular Hbond substituents is 1. The molecule has 0 atom stereocenters. The monoisotopic (exact) mass is 324 g/mol. The standard InChI is InChI=1S/C13H13ClN4O2S/c1-2-9-11(21-13(15)17-9)12(20)18-16-6-7-3-4-10(19)8(14)5-7/h3-6,19H,2H2,1H3,(H2,15,17)(H,18,20)/b16-6-. The summed E-state index contributed by atoms with van der Waals surface area (Å²) >= 11 is 6.90. The third-order valence-electron chi connectivity index (χ3n) is 2.61. The van der Waals surface area contributed by atoms with E-state index in [1.165, 1.54) is 18.3 Å². The molecule has 21 heavy (non-hydrogen) atoms. The second kappa shape index (κ2) is 6.55. The van der Waals surface area contributed by atoms with E-state index in [1.54, 1.807) is 6.07 Å². The minimum absolute atomic E-state index is 0.00873. The molecule has 0 spiro atoms. The van der Waals surface area contributed by atoms with E-state index in [9.17, 15) is 9.90 Å². The molecule has 1 amide bonds. The fraction of sp³-hybridized carbons (Fsp3) is 0.154. The molecule has 0 bridgehead atoms. The second-order valence-corrected chi connectivity index (χ2v) is 5.53. The van der Waals surface area contributed by atoms with Crippen molar-refractivity contribution in [3.8, 4) is 5.75 Å². The van der Waals surface area contributed by atoms with Crippen LogP contribution in [0.1, 0.15) is 27.9 Å². The minimum Gasteiger partial charge on any atom is -0.506 e. The maximum atomic E-state index is 12.0. The number of amides is 1. The Kier molecular flexibility index (Phi) is 4.77. The summed E-state index contributed by atoms with van der Waals surface area (Å²) in [4.78, 5) is 16.5. The highest BCUT2D eigenvalue weighted by Gasteiger charge is 2.15. The number of nitrogens with zero attached hydrogens (tertiary/aromatic N) is 2. The molecule has 0 aliphatic rings. The molecule has 2 aromatic rings. The second-order valence-electron chi connectivity index (χ2n) is 4.09. The van der Waals surface area contributed by atoms with Gasteiger partial charge in [0.2, 0.25) is 0 Å². The van der Waals surface area contributed by atoms with Crippen LogP contribution in [0.25, 0.3) is 0 Å². The molecule has 0 radical (unpaired) electrons. The number of aromatic nitrogens is 1. The summed E-state index contributed by atoms with van der Waals surface area (Å²) in [6.07, 6.45) is 2.05. The van der Waals surface area contributed by atoms with Crippen molar-refractivity contribution in [2.24, 2.45) is 5.10 Å². The third-order valence-corrected chi connectivity index (χ3v) is 3.83. The highest BCUT2D eigenvalue weighted by molar-refractivity contribution is 7.17. The normalized spacial score (nSPS) is 11.0. The van der Waals surface area contributed by atoms with Crippen molar-refractivity contribution in [1.29, 1.82) is 0 Å². The Balaban J connectivity index is 2.06. The minimum atomic E-state index is -0.359. The van der Waals surface area contributed by atoms with Gasteiger partial charge in [0.25, 0.3) is 5.91 Å². The molecule has 1 aromatic heterocycles. The van der Waals surface area contributed by atoms with Crippen molar-refractivity contribution >= 4 is 40.2 Å². The van der Waals surface area contributed by atoms with Crippen LogP contribution in [-0.2, 0) is 6.42 Å². The Hall–Kier alpha value is -2.12. The fourth-order valence-electron chi connectivity index (χ4n) is 1.61. The highest BCUT2D eigenvalue weighted by Crippen LogP contribution is 2.23. The van der Waals surface area contributed by atoms with Crippen LogP contribution in [0.2, 0.25) is 5.02 Å². The van der Waals surface area contributed by atoms with Crippen LogP contribution in [-0.4, -0.2) is 22.2 Å². The van der Waals surface area contributed by atoms with Gasteiger partial charge in [-0.05, 0) is 30.2 Å². The average Bonchev–Trinajstić information content (AvgIpc) is 2.84. The number of anilines is 1.